The van der Waals surface area contributed by atoms with Crippen molar-refractivity contribution in [2.24, 2.45) is 0 Å². The van der Waals surface area contributed by atoms with E-state index in [0.29, 0.717) is 5.69 Å². The zero-order valence-corrected chi connectivity index (χ0v) is 16.2. The van der Waals surface area contributed by atoms with E-state index in [0.717, 1.165) is 24.8 Å². The number of aliphatic hydroxyl groups is 1. The Balaban J connectivity index is 0.000000174. The van der Waals surface area contributed by atoms with Crippen LogP contribution in [-0.4, -0.2) is 26.2 Å². The number of aliphatic hydroxyl groups excluding tert-OH is 1. The lowest BCUT2D eigenvalue weighted by Crippen LogP contribution is -2.09. The van der Waals surface area contributed by atoms with Crippen LogP contribution in [0.5, 0.6) is 0 Å². The molecule has 4 aromatic rings. The van der Waals surface area contributed by atoms with Gasteiger partial charge in [-0.2, -0.15) is 0 Å². The van der Waals surface area contributed by atoms with Gasteiger partial charge in [0.05, 0.1) is 6.10 Å². The summed E-state index contributed by atoms with van der Waals surface area (Å²) in [6.45, 7) is 1.72. The van der Waals surface area contributed by atoms with Crippen molar-refractivity contribution >= 4 is 27.5 Å². The van der Waals surface area contributed by atoms with E-state index in [4.69, 9.17) is 5.11 Å². The van der Waals surface area contributed by atoms with Crippen LogP contribution in [0.3, 0.4) is 0 Å². The Labute approximate surface area is 168 Å². The SMILES string of the molecule is Cc1ccnc(C(=O)O)n1.OC1CCCc2c1ccc1c2ccc2ccccc21. The van der Waals surface area contributed by atoms with Crippen molar-refractivity contribution in [3.05, 3.63) is 83.4 Å². The first-order valence-electron chi connectivity index (χ1n) is 9.69. The van der Waals surface area contributed by atoms with Crippen LogP contribution in [0.4, 0.5) is 0 Å². The molecule has 0 fully saturated rings. The number of aromatic carboxylic acids is 1. The zero-order valence-electron chi connectivity index (χ0n) is 16.2. The molecule has 5 nitrogen and oxygen atoms in total. The maximum atomic E-state index is 10.2. The fourth-order valence-electron chi connectivity index (χ4n) is 3.94. The molecule has 0 spiro atoms. The van der Waals surface area contributed by atoms with E-state index < -0.39 is 5.97 Å². The molecule has 0 amide bonds. The first kappa shape index (κ1) is 19.0. The van der Waals surface area contributed by atoms with Crippen LogP contribution in [0.25, 0.3) is 21.5 Å². The molecule has 1 heterocycles. The zero-order chi connectivity index (χ0) is 20.4. The predicted octanol–water partition coefficient (Wildman–Crippen LogP) is 4.85. The number of hydrogen-bond donors (Lipinski definition) is 2. The number of fused-ring (bicyclic) bond motifs is 5. The number of carbonyl (C=O) groups is 1. The fraction of sp³-hybridized carbons (Fsp3) is 0.208. The Bertz CT molecular complexity index is 1200. The number of nitrogens with zero attached hydrogens (tertiary/aromatic N) is 2. The van der Waals surface area contributed by atoms with Crippen LogP contribution in [0.15, 0.2) is 60.8 Å². The van der Waals surface area contributed by atoms with Gasteiger partial charge in [0.2, 0.25) is 5.82 Å². The molecule has 0 saturated carbocycles. The second-order valence-electron chi connectivity index (χ2n) is 7.25. The van der Waals surface area contributed by atoms with Crippen molar-refractivity contribution in [3.8, 4) is 0 Å². The fourth-order valence-corrected chi connectivity index (χ4v) is 3.94. The van der Waals surface area contributed by atoms with Crippen LogP contribution in [-0.2, 0) is 6.42 Å². The maximum Gasteiger partial charge on any atom is 0.373 e. The van der Waals surface area contributed by atoms with E-state index in [1.165, 1.54) is 33.3 Å². The van der Waals surface area contributed by atoms with Crippen molar-refractivity contribution in [1.29, 1.82) is 0 Å². The summed E-state index contributed by atoms with van der Waals surface area (Å²) in [7, 11) is 0. The van der Waals surface area contributed by atoms with Gasteiger partial charge in [0.25, 0.3) is 0 Å². The first-order valence-corrected chi connectivity index (χ1v) is 9.69. The van der Waals surface area contributed by atoms with Gasteiger partial charge in [0.1, 0.15) is 0 Å². The number of benzene rings is 3. The van der Waals surface area contributed by atoms with E-state index in [2.05, 4.69) is 58.5 Å². The summed E-state index contributed by atoms with van der Waals surface area (Å²) in [4.78, 5) is 17.4. The average Bonchev–Trinajstić information content (AvgIpc) is 2.74. The molecule has 29 heavy (non-hydrogen) atoms. The van der Waals surface area contributed by atoms with Crippen LogP contribution in [0, 0.1) is 6.92 Å². The highest BCUT2D eigenvalue weighted by molar-refractivity contribution is 6.08. The number of aromatic nitrogens is 2. The van der Waals surface area contributed by atoms with Crippen molar-refractivity contribution in [1.82, 2.24) is 9.97 Å². The third-order valence-corrected chi connectivity index (χ3v) is 5.32. The lowest BCUT2D eigenvalue weighted by atomic mass is 9.85. The highest BCUT2D eigenvalue weighted by Gasteiger charge is 2.20. The molecule has 1 aliphatic carbocycles. The second-order valence-corrected chi connectivity index (χ2v) is 7.25. The summed E-state index contributed by atoms with van der Waals surface area (Å²) in [5, 5.41) is 23.7. The molecule has 146 valence electrons. The molecule has 5 heteroatoms. The Morgan fingerprint density at radius 2 is 1.79 bits per heavy atom. The molecular formula is C24H22N2O3. The maximum absolute atomic E-state index is 10.2. The quantitative estimate of drug-likeness (QED) is 0.457. The summed E-state index contributed by atoms with van der Waals surface area (Å²) in [6.07, 6.45) is 4.21. The second kappa shape index (κ2) is 7.97. The van der Waals surface area contributed by atoms with E-state index in [1.54, 1.807) is 13.0 Å². The van der Waals surface area contributed by atoms with Gasteiger partial charge < -0.3 is 10.2 Å². The molecule has 1 aliphatic rings. The minimum Gasteiger partial charge on any atom is -0.475 e. The summed E-state index contributed by atoms with van der Waals surface area (Å²) >= 11 is 0. The minimum absolute atomic E-state index is 0.153. The molecule has 5 rings (SSSR count). The van der Waals surface area contributed by atoms with Gasteiger partial charge in [-0.3, -0.25) is 0 Å². The Kier molecular flexibility index (Phi) is 5.23. The van der Waals surface area contributed by atoms with Crippen molar-refractivity contribution in [2.45, 2.75) is 32.3 Å². The monoisotopic (exact) mass is 386 g/mol. The summed E-state index contributed by atoms with van der Waals surface area (Å²) in [5.74, 6) is -1.25. The third kappa shape index (κ3) is 3.82. The first-order chi connectivity index (χ1) is 14.0. The largest absolute Gasteiger partial charge is 0.475 e. The summed E-state index contributed by atoms with van der Waals surface area (Å²) < 4.78 is 0. The lowest BCUT2D eigenvalue weighted by Gasteiger charge is -2.23. The van der Waals surface area contributed by atoms with Gasteiger partial charge in [-0.05, 0) is 64.9 Å². The predicted molar refractivity (Wildman–Crippen MR) is 113 cm³/mol. The topological polar surface area (TPSA) is 83.3 Å². The van der Waals surface area contributed by atoms with E-state index >= 15 is 0 Å². The molecule has 1 atom stereocenters. The number of aryl methyl sites for hydroxylation is 2. The van der Waals surface area contributed by atoms with Crippen LogP contribution in [0.1, 0.15) is 46.4 Å². The van der Waals surface area contributed by atoms with Crippen LogP contribution >= 0.6 is 0 Å². The molecule has 1 aromatic heterocycles. The Morgan fingerprint density at radius 3 is 2.55 bits per heavy atom. The van der Waals surface area contributed by atoms with Gasteiger partial charge in [-0.1, -0.05) is 48.5 Å². The van der Waals surface area contributed by atoms with Crippen LogP contribution < -0.4 is 0 Å². The standard InChI is InChI=1S/C18H16O.C6H6N2O2/c19-18-7-3-6-14-16-9-8-12-4-1-2-5-13(12)15(16)10-11-17(14)18;1-4-2-3-7-5(8-4)6(9)10/h1-2,4-5,8-11,18-19H,3,6-7H2;2-3H,1H3,(H,9,10). The van der Waals surface area contributed by atoms with E-state index in [-0.39, 0.29) is 11.9 Å². The molecule has 0 saturated heterocycles. The summed E-state index contributed by atoms with van der Waals surface area (Å²) in [6, 6.07) is 18.9. The Morgan fingerprint density at radius 1 is 1.00 bits per heavy atom. The number of carboxylic acids is 1. The van der Waals surface area contributed by atoms with Gasteiger partial charge in [-0.15, -0.1) is 0 Å². The highest BCUT2D eigenvalue weighted by Crippen LogP contribution is 2.36. The number of carboxylic acid groups (broad SMARTS) is 1. The molecule has 3 aromatic carbocycles. The lowest BCUT2D eigenvalue weighted by molar-refractivity contribution is 0.0683. The number of hydrogen-bond acceptors (Lipinski definition) is 4. The van der Waals surface area contributed by atoms with Gasteiger partial charge in [-0.25, -0.2) is 14.8 Å². The third-order valence-electron chi connectivity index (χ3n) is 5.32. The van der Waals surface area contributed by atoms with Crippen molar-refractivity contribution < 1.29 is 15.0 Å². The molecular weight excluding hydrogens is 364 g/mol. The smallest absolute Gasteiger partial charge is 0.373 e. The summed E-state index contributed by atoms with van der Waals surface area (Å²) in [5.41, 5.74) is 3.14. The minimum atomic E-state index is -1.09. The molecule has 0 bridgehead atoms. The molecule has 1 unspecified atom stereocenters. The molecule has 0 aliphatic heterocycles. The average molecular weight is 386 g/mol. The van der Waals surface area contributed by atoms with E-state index in [9.17, 15) is 9.90 Å². The van der Waals surface area contributed by atoms with Gasteiger partial charge in [0, 0.05) is 11.9 Å². The Hall–Kier alpha value is -3.31. The number of rotatable bonds is 1. The van der Waals surface area contributed by atoms with Gasteiger partial charge >= 0.3 is 5.97 Å². The van der Waals surface area contributed by atoms with E-state index in [1.807, 2.05) is 0 Å². The van der Waals surface area contributed by atoms with Crippen molar-refractivity contribution in [3.63, 3.8) is 0 Å². The highest BCUT2D eigenvalue weighted by atomic mass is 16.4. The van der Waals surface area contributed by atoms with Crippen LogP contribution in [0.2, 0.25) is 0 Å². The van der Waals surface area contributed by atoms with Gasteiger partial charge in [0.15, 0.2) is 0 Å². The molecule has 0 radical (unpaired) electrons. The molecule has 2 N–H and O–H groups in total. The van der Waals surface area contributed by atoms with Crippen molar-refractivity contribution in [2.75, 3.05) is 0 Å². The normalized spacial score (nSPS) is 15.4.